The Morgan fingerprint density at radius 2 is 2.22 bits per heavy atom. The number of nitrogens with zero attached hydrogens (tertiary/aromatic N) is 2. The van der Waals surface area contributed by atoms with Crippen molar-refractivity contribution in [2.24, 2.45) is 11.7 Å². The number of nitrogens with one attached hydrogen (secondary N) is 1. The van der Waals surface area contributed by atoms with Crippen molar-refractivity contribution in [3.05, 3.63) is 24.0 Å². The summed E-state index contributed by atoms with van der Waals surface area (Å²) in [5.41, 5.74) is 7.27. The highest BCUT2D eigenvalue weighted by atomic mass is 15.0. The molecule has 1 aromatic heterocycles. The molecule has 1 saturated carbocycles. The number of nitriles is 1. The summed E-state index contributed by atoms with van der Waals surface area (Å²) in [4.78, 5) is 3.97. The Labute approximate surface area is 108 Å². The Morgan fingerprint density at radius 3 is 2.89 bits per heavy atom. The van der Waals surface area contributed by atoms with E-state index in [-0.39, 0.29) is 0 Å². The largest absolute Gasteiger partial charge is 0.381 e. The summed E-state index contributed by atoms with van der Waals surface area (Å²) < 4.78 is 0. The Kier molecular flexibility index (Phi) is 4.54. The first-order chi connectivity index (χ1) is 8.83. The average Bonchev–Trinajstić information content (AvgIpc) is 2.46. The standard InChI is InChI=1S/C14H20N4/c15-9-13-8-12(6-7-17-13)18-14(10-16)11-4-2-1-3-5-11/h6-8,11,14H,1-5,10,16H2,(H,17,18). The molecule has 1 heterocycles. The fourth-order valence-electron chi connectivity index (χ4n) is 2.70. The Balaban J connectivity index is 2.02. The van der Waals surface area contributed by atoms with Gasteiger partial charge in [-0.15, -0.1) is 0 Å². The van der Waals surface area contributed by atoms with E-state index in [0.717, 1.165) is 5.69 Å². The van der Waals surface area contributed by atoms with Gasteiger partial charge in [0.15, 0.2) is 0 Å². The third kappa shape index (κ3) is 3.21. The van der Waals surface area contributed by atoms with Gasteiger partial charge in [0.1, 0.15) is 11.8 Å². The Hall–Kier alpha value is -1.60. The van der Waals surface area contributed by atoms with Crippen LogP contribution in [-0.2, 0) is 0 Å². The van der Waals surface area contributed by atoms with Crippen molar-refractivity contribution in [1.29, 1.82) is 5.26 Å². The minimum absolute atomic E-state index is 0.305. The summed E-state index contributed by atoms with van der Waals surface area (Å²) in [5, 5.41) is 12.3. The molecule has 18 heavy (non-hydrogen) atoms. The van der Waals surface area contributed by atoms with E-state index in [2.05, 4.69) is 16.4 Å². The quantitative estimate of drug-likeness (QED) is 0.852. The lowest BCUT2D eigenvalue weighted by Gasteiger charge is -2.30. The number of hydrogen-bond donors (Lipinski definition) is 2. The van der Waals surface area contributed by atoms with Crippen molar-refractivity contribution in [2.45, 2.75) is 38.1 Å². The van der Waals surface area contributed by atoms with Gasteiger partial charge in [0.25, 0.3) is 0 Å². The maximum atomic E-state index is 8.84. The van der Waals surface area contributed by atoms with E-state index in [1.54, 1.807) is 12.3 Å². The highest BCUT2D eigenvalue weighted by molar-refractivity contribution is 5.46. The molecule has 0 aliphatic heterocycles. The van der Waals surface area contributed by atoms with Gasteiger partial charge in [0, 0.05) is 24.5 Å². The molecule has 0 aromatic carbocycles. The number of anilines is 1. The molecule has 0 radical (unpaired) electrons. The van der Waals surface area contributed by atoms with Gasteiger partial charge in [0.2, 0.25) is 0 Å². The first kappa shape index (κ1) is 12.8. The van der Waals surface area contributed by atoms with E-state index >= 15 is 0 Å². The normalized spacial score (nSPS) is 18.0. The summed E-state index contributed by atoms with van der Waals surface area (Å²) in [6.45, 7) is 0.634. The van der Waals surface area contributed by atoms with Crippen LogP contribution in [0.2, 0.25) is 0 Å². The highest BCUT2D eigenvalue weighted by Gasteiger charge is 2.22. The lowest BCUT2D eigenvalue weighted by atomic mass is 9.84. The van der Waals surface area contributed by atoms with Gasteiger partial charge >= 0.3 is 0 Å². The van der Waals surface area contributed by atoms with E-state index in [0.29, 0.717) is 24.2 Å². The molecule has 1 aliphatic rings. The molecular formula is C14H20N4. The minimum atomic E-state index is 0.305. The number of rotatable bonds is 4. The van der Waals surface area contributed by atoms with Crippen LogP contribution in [0.1, 0.15) is 37.8 Å². The summed E-state index contributed by atoms with van der Waals surface area (Å²) >= 11 is 0. The molecule has 0 spiro atoms. The Bertz CT molecular complexity index is 418. The summed E-state index contributed by atoms with van der Waals surface area (Å²) in [7, 11) is 0. The monoisotopic (exact) mass is 244 g/mol. The number of nitrogens with two attached hydrogens (primary N) is 1. The van der Waals surface area contributed by atoms with Crippen molar-refractivity contribution in [3.63, 3.8) is 0 Å². The minimum Gasteiger partial charge on any atom is -0.381 e. The number of pyridine rings is 1. The molecule has 1 atom stereocenters. The van der Waals surface area contributed by atoms with Gasteiger partial charge in [-0.3, -0.25) is 0 Å². The van der Waals surface area contributed by atoms with Crippen LogP contribution in [0, 0.1) is 17.2 Å². The van der Waals surface area contributed by atoms with Crippen molar-refractivity contribution < 1.29 is 0 Å². The second-order valence-electron chi connectivity index (χ2n) is 4.93. The predicted molar refractivity (Wildman–Crippen MR) is 72.0 cm³/mol. The maximum absolute atomic E-state index is 8.84. The van der Waals surface area contributed by atoms with Gasteiger partial charge in [-0.1, -0.05) is 19.3 Å². The molecule has 0 saturated heterocycles. The molecular weight excluding hydrogens is 224 g/mol. The molecule has 4 heteroatoms. The van der Waals surface area contributed by atoms with Crippen molar-refractivity contribution in [3.8, 4) is 6.07 Å². The van der Waals surface area contributed by atoms with Gasteiger partial charge in [-0.2, -0.15) is 5.26 Å². The molecule has 0 bridgehead atoms. The SMILES string of the molecule is N#Cc1cc(NC(CN)C2CCCCC2)ccn1. The first-order valence-corrected chi connectivity index (χ1v) is 6.66. The van der Waals surface area contributed by atoms with Crippen LogP contribution in [-0.4, -0.2) is 17.6 Å². The first-order valence-electron chi connectivity index (χ1n) is 6.66. The van der Waals surface area contributed by atoms with E-state index in [4.69, 9.17) is 11.0 Å². The van der Waals surface area contributed by atoms with Crippen LogP contribution in [0.3, 0.4) is 0 Å². The lowest BCUT2D eigenvalue weighted by molar-refractivity contribution is 0.320. The maximum Gasteiger partial charge on any atom is 0.142 e. The second-order valence-corrected chi connectivity index (χ2v) is 4.93. The predicted octanol–water partition coefficient (Wildman–Crippen LogP) is 2.27. The van der Waals surface area contributed by atoms with Crippen LogP contribution in [0.25, 0.3) is 0 Å². The zero-order valence-electron chi connectivity index (χ0n) is 10.6. The van der Waals surface area contributed by atoms with Crippen LogP contribution < -0.4 is 11.1 Å². The zero-order chi connectivity index (χ0) is 12.8. The van der Waals surface area contributed by atoms with Crippen molar-refractivity contribution in [1.82, 2.24) is 4.98 Å². The van der Waals surface area contributed by atoms with E-state index < -0.39 is 0 Å². The molecule has 4 nitrogen and oxygen atoms in total. The summed E-state index contributed by atoms with van der Waals surface area (Å²) in [6.07, 6.45) is 8.14. The lowest BCUT2D eigenvalue weighted by Crippen LogP contribution is -2.37. The van der Waals surface area contributed by atoms with Crippen LogP contribution >= 0.6 is 0 Å². The van der Waals surface area contributed by atoms with Gasteiger partial charge in [-0.05, 0) is 30.9 Å². The molecule has 0 amide bonds. The van der Waals surface area contributed by atoms with Gasteiger partial charge in [-0.25, -0.2) is 4.98 Å². The molecule has 1 aliphatic carbocycles. The molecule has 3 N–H and O–H groups in total. The average molecular weight is 244 g/mol. The van der Waals surface area contributed by atoms with Crippen LogP contribution in [0.5, 0.6) is 0 Å². The molecule has 2 rings (SSSR count). The number of aromatic nitrogens is 1. The smallest absolute Gasteiger partial charge is 0.142 e. The fourth-order valence-corrected chi connectivity index (χ4v) is 2.70. The topological polar surface area (TPSA) is 74.7 Å². The van der Waals surface area contributed by atoms with E-state index in [9.17, 15) is 0 Å². The third-order valence-electron chi connectivity index (χ3n) is 3.70. The van der Waals surface area contributed by atoms with Crippen LogP contribution in [0.15, 0.2) is 18.3 Å². The molecule has 96 valence electrons. The third-order valence-corrected chi connectivity index (χ3v) is 3.70. The van der Waals surface area contributed by atoms with Gasteiger partial charge < -0.3 is 11.1 Å². The highest BCUT2D eigenvalue weighted by Crippen LogP contribution is 2.27. The molecule has 1 aromatic rings. The zero-order valence-corrected chi connectivity index (χ0v) is 10.6. The fraction of sp³-hybridized carbons (Fsp3) is 0.571. The van der Waals surface area contributed by atoms with Gasteiger partial charge in [0.05, 0.1) is 0 Å². The van der Waals surface area contributed by atoms with E-state index in [1.807, 2.05) is 6.07 Å². The van der Waals surface area contributed by atoms with Crippen molar-refractivity contribution in [2.75, 3.05) is 11.9 Å². The number of hydrogen-bond acceptors (Lipinski definition) is 4. The van der Waals surface area contributed by atoms with Crippen molar-refractivity contribution >= 4 is 5.69 Å². The second kappa shape index (κ2) is 6.36. The molecule has 1 fully saturated rings. The Morgan fingerprint density at radius 1 is 1.44 bits per heavy atom. The summed E-state index contributed by atoms with van der Waals surface area (Å²) in [6, 6.07) is 6.04. The van der Waals surface area contributed by atoms with Crippen LogP contribution in [0.4, 0.5) is 5.69 Å². The van der Waals surface area contributed by atoms with E-state index in [1.165, 1.54) is 32.1 Å². The summed E-state index contributed by atoms with van der Waals surface area (Å²) in [5.74, 6) is 0.655. The molecule has 1 unspecified atom stereocenters.